The van der Waals surface area contributed by atoms with Crippen molar-refractivity contribution in [3.8, 4) is 0 Å². The molecule has 0 radical (unpaired) electrons. The largest absolute Gasteiger partial charge is 0.378 e. The molecule has 2 unspecified atom stereocenters. The Morgan fingerprint density at radius 2 is 1.79 bits per heavy atom. The Morgan fingerprint density at radius 3 is 2.46 bits per heavy atom. The fourth-order valence-electron chi connectivity index (χ4n) is 4.92. The highest BCUT2D eigenvalue weighted by atomic mass is 127. The third-order valence-electron chi connectivity index (χ3n) is 6.35. The lowest BCUT2D eigenvalue weighted by atomic mass is 9.82. The number of guanidine groups is 1. The summed E-state index contributed by atoms with van der Waals surface area (Å²) in [5.41, 5.74) is 2.63. The summed E-state index contributed by atoms with van der Waals surface area (Å²) in [7, 11) is 0. The number of nitrogens with zero attached hydrogens (tertiary/aromatic N) is 3. The first kappa shape index (κ1) is 21.7. The van der Waals surface area contributed by atoms with Crippen molar-refractivity contribution in [1.29, 1.82) is 0 Å². The summed E-state index contributed by atoms with van der Waals surface area (Å²) < 4.78 is 5.52. The van der Waals surface area contributed by atoms with Gasteiger partial charge in [0.1, 0.15) is 0 Å². The Kier molecular flexibility index (Phi) is 8.26. The maximum atomic E-state index is 5.52. The Labute approximate surface area is 186 Å². The van der Waals surface area contributed by atoms with Gasteiger partial charge in [-0.3, -0.25) is 0 Å². The number of likely N-dealkylation sites (tertiary alicyclic amines) is 1. The monoisotopic (exact) mass is 498 g/mol. The smallest absolute Gasteiger partial charge is 0.194 e. The number of ether oxygens (including phenoxy) is 1. The number of hydrogen-bond acceptors (Lipinski definition) is 3. The van der Waals surface area contributed by atoms with Gasteiger partial charge in [0.25, 0.3) is 0 Å². The van der Waals surface area contributed by atoms with Crippen molar-refractivity contribution in [3.05, 3.63) is 29.8 Å². The first-order valence-corrected chi connectivity index (χ1v) is 10.8. The first-order valence-electron chi connectivity index (χ1n) is 10.8. The number of aliphatic imine (C=N–C) groups is 1. The molecule has 1 aliphatic carbocycles. The van der Waals surface area contributed by atoms with Crippen LogP contribution in [0.4, 0.5) is 5.69 Å². The van der Waals surface area contributed by atoms with Crippen LogP contribution in [0.15, 0.2) is 29.3 Å². The minimum Gasteiger partial charge on any atom is -0.378 e. The molecule has 0 bridgehead atoms. The van der Waals surface area contributed by atoms with E-state index in [9.17, 15) is 0 Å². The zero-order chi connectivity index (χ0) is 18.5. The zero-order valence-corrected chi connectivity index (χ0v) is 19.4. The quantitative estimate of drug-likeness (QED) is 0.390. The van der Waals surface area contributed by atoms with Crippen LogP contribution in [0.2, 0.25) is 0 Å². The highest BCUT2D eigenvalue weighted by Crippen LogP contribution is 2.36. The fourth-order valence-corrected chi connectivity index (χ4v) is 4.92. The van der Waals surface area contributed by atoms with Gasteiger partial charge in [-0.05, 0) is 43.2 Å². The van der Waals surface area contributed by atoms with E-state index in [1.807, 2.05) is 0 Å². The van der Waals surface area contributed by atoms with Crippen molar-refractivity contribution in [2.45, 2.75) is 39.2 Å². The van der Waals surface area contributed by atoms with E-state index >= 15 is 0 Å². The Bertz CT molecular complexity index is 633. The number of anilines is 1. The van der Waals surface area contributed by atoms with Crippen molar-refractivity contribution < 1.29 is 4.74 Å². The van der Waals surface area contributed by atoms with Crippen LogP contribution in [0.3, 0.4) is 0 Å². The van der Waals surface area contributed by atoms with Crippen LogP contribution in [0.5, 0.6) is 0 Å². The summed E-state index contributed by atoms with van der Waals surface area (Å²) in [5, 5.41) is 3.55. The van der Waals surface area contributed by atoms with Gasteiger partial charge in [0.05, 0.1) is 19.8 Å². The van der Waals surface area contributed by atoms with E-state index in [0.717, 1.165) is 57.2 Å². The van der Waals surface area contributed by atoms with E-state index in [4.69, 9.17) is 9.73 Å². The number of nitrogens with one attached hydrogen (secondary N) is 1. The molecule has 5 nitrogen and oxygen atoms in total. The lowest BCUT2D eigenvalue weighted by Crippen LogP contribution is -2.40. The summed E-state index contributed by atoms with van der Waals surface area (Å²) in [5.74, 6) is 2.86. The second-order valence-electron chi connectivity index (χ2n) is 8.11. The van der Waals surface area contributed by atoms with Gasteiger partial charge in [0, 0.05) is 38.4 Å². The third kappa shape index (κ3) is 5.12. The molecule has 1 aromatic carbocycles. The van der Waals surface area contributed by atoms with Crippen molar-refractivity contribution in [2.24, 2.45) is 16.8 Å². The molecule has 0 aromatic heterocycles. The molecule has 0 spiro atoms. The van der Waals surface area contributed by atoms with Gasteiger partial charge >= 0.3 is 0 Å². The molecule has 1 aromatic rings. The summed E-state index contributed by atoms with van der Waals surface area (Å²) in [6.45, 7) is 9.77. The number of morpholine rings is 1. The molecule has 2 saturated heterocycles. The van der Waals surface area contributed by atoms with Gasteiger partial charge in [-0.15, -0.1) is 24.0 Å². The molecule has 2 atom stereocenters. The molecule has 28 heavy (non-hydrogen) atoms. The summed E-state index contributed by atoms with van der Waals surface area (Å²) in [6, 6.07) is 8.72. The molecular weight excluding hydrogens is 463 g/mol. The lowest BCUT2D eigenvalue weighted by Gasteiger charge is -2.30. The second kappa shape index (κ2) is 10.7. The number of rotatable bonds is 4. The maximum absolute atomic E-state index is 5.52. The third-order valence-corrected chi connectivity index (χ3v) is 6.35. The summed E-state index contributed by atoms with van der Waals surface area (Å²) in [6.07, 6.45) is 5.63. The average Bonchev–Trinajstić information content (AvgIpc) is 3.16. The van der Waals surface area contributed by atoms with Crippen LogP contribution in [-0.2, 0) is 11.3 Å². The van der Waals surface area contributed by atoms with Crippen molar-refractivity contribution in [2.75, 3.05) is 50.8 Å². The molecule has 156 valence electrons. The molecule has 2 aliphatic heterocycles. The topological polar surface area (TPSA) is 40.1 Å². The van der Waals surface area contributed by atoms with E-state index in [-0.39, 0.29) is 24.0 Å². The lowest BCUT2D eigenvalue weighted by molar-refractivity contribution is 0.122. The second-order valence-corrected chi connectivity index (χ2v) is 8.11. The average molecular weight is 498 g/mol. The zero-order valence-electron chi connectivity index (χ0n) is 17.1. The van der Waals surface area contributed by atoms with Gasteiger partial charge in [0.2, 0.25) is 0 Å². The SMILES string of the molecule is CCNC(=NCc1ccccc1N1CCOCC1)N1CC2CCCCC2C1.I. The fraction of sp³-hybridized carbons (Fsp3) is 0.682. The highest BCUT2D eigenvalue weighted by molar-refractivity contribution is 14.0. The highest BCUT2D eigenvalue weighted by Gasteiger charge is 2.35. The molecule has 3 aliphatic rings. The molecule has 1 N–H and O–H groups in total. The van der Waals surface area contributed by atoms with E-state index in [1.165, 1.54) is 50.0 Å². The number of para-hydroxylation sites is 1. The Balaban J connectivity index is 0.00000225. The van der Waals surface area contributed by atoms with Crippen LogP contribution in [-0.4, -0.2) is 56.8 Å². The first-order chi connectivity index (χ1) is 13.3. The normalized spacial score (nSPS) is 25.2. The molecule has 6 heteroatoms. The van der Waals surface area contributed by atoms with E-state index < -0.39 is 0 Å². The van der Waals surface area contributed by atoms with E-state index in [0.29, 0.717) is 0 Å². The van der Waals surface area contributed by atoms with Crippen LogP contribution in [0, 0.1) is 11.8 Å². The minimum absolute atomic E-state index is 0. The molecule has 1 saturated carbocycles. The maximum Gasteiger partial charge on any atom is 0.194 e. The van der Waals surface area contributed by atoms with Gasteiger partial charge in [-0.2, -0.15) is 0 Å². The molecule has 4 rings (SSSR count). The molecule has 0 amide bonds. The summed E-state index contributed by atoms with van der Waals surface area (Å²) >= 11 is 0. The van der Waals surface area contributed by atoms with Gasteiger partial charge in [-0.1, -0.05) is 31.0 Å². The van der Waals surface area contributed by atoms with Crippen molar-refractivity contribution in [1.82, 2.24) is 10.2 Å². The van der Waals surface area contributed by atoms with Crippen molar-refractivity contribution in [3.63, 3.8) is 0 Å². The molecular formula is C22H35IN4O. The minimum atomic E-state index is 0. The van der Waals surface area contributed by atoms with Gasteiger partial charge < -0.3 is 19.9 Å². The van der Waals surface area contributed by atoms with Crippen molar-refractivity contribution >= 4 is 35.6 Å². The number of halogens is 1. The van der Waals surface area contributed by atoms with Crippen LogP contribution in [0.1, 0.15) is 38.2 Å². The van der Waals surface area contributed by atoms with E-state index in [1.54, 1.807) is 0 Å². The number of hydrogen-bond donors (Lipinski definition) is 1. The van der Waals surface area contributed by atoms with Gasteiger partial charge in [-0.25, -0.2) is 4.99 Å². The summed E-state index contributed by atoms with van der Waals surface area (Å²) in [4.78, 5) is 10.0. The molecule has 3 fully saturated rings. The van der Waals surface area contributed by atoms with E-state index in [2.05, 4.69) is 46.3 Å². The predicted octanol–water partition coefficient (Wildman–Crippen LogP) is 3.73. The standard InChI is InChI=1S/C22H34N4O.HI/c1-2-23-22(26-16-19-8-3-4-9-20(19)17-26)24-15-18-7-5-6-10-21(18)25-11-13-27-14-12-25;/h5-7,10,19-20H,2-4,8-9,11-17H2,1H3,(H,23,24);1H. The Hall–Kier alpha value is -1.02. The van der Waals surface area contributed by atoms with Crippen LogP contribution >= 0.6 is 24.0 Å². The Morgan fingerprint density at radius 1 is 1.11 bits per heavy atom. The van der Waals surface area contributed by atoms with Gasteiger partial charge in [0.15, 0.2) is 5.96 Å². The van der Waals surface area contributed by atoms with Crippen LogP contribution in [0.25, 0.3) is 0 Å². The molecule has 2 heterocycles. The number of benzene rings is 1. The van der Waals surface area contributed by atoms with Crippen LogP contribution < -0.4 is 10.2 Å². The number of fused-ring (bicyclic) bond motifs is 1. The predicted molar refractivity (Wildman–Crippen MR) is 127 cm³/mol.